The number of phenols is 2. The first-order chi connectivity index (χ1) is 8.65. The molecule has 98 valence electrons. The molecule has 0 aliphatic carbocycles. The molecule has 0 amide bonds. The second kappa shape index (κ2) is 7.50. The maximum atomic E-state index is 9.52. The summed E-state index contributed by atoms with van der Waals surface area (Å²) in [4.78, 5) is 0. The highest BCUT2D eigenvalue weighted by atomic mass is 32.1. The third kappa shape index (κ3) is 4.58. The van der Waals surface area contributed by atoms with Gasteiger partial charge in [0.25, 0.3) is 0 Å². The van der Waals surface area contributed by atoms with Crippen LogP contribution in [0.2, 0.25) is 0 Å². The summed E-state index contributed by atoms with van der Waals surface area (Å²) in [6.07, 6.45) is 3.53. The van der Waals surface area contributed by atoms with Gasteiger partial charge in [0.15, 0.2) is 16.6 Å². The van der Waals surface area contributed by atoms with E-state index in [1.807, 2.05) is 0 Å². The molecule has 0 bridgehead atoms. The maximum Gasteiger partial charge on any atom is 0.186 e. The van der Waals surface area contributed by atoms with E-state index in [1.165, 1.54) is 12.3 Å². The molecular weight excluding hydrogens is 250 g/mol. The minimum Gasteiger partial charge on any atom is -0.504 e. The third-order valence-corrected chi connectivity index (χ3v) is 2.47. The van der Waals surface area contributed by atoms with Crippen molar-refractivity contribution in [3.8, 4) is 11.5 Å². The summed E-state index contributed by atoms with van der Waals surface area (Å²) in [6, 6.07) is 4.65. The molecule has 0 atom stereocenters. The van der Waals surface area contributed by atoms with Gasteiger partial charge < -0.3 is 15.5 Å². The van der Waals surface area contributed by atoms with Crippen molar-refractivity contribution in [2.45, 2.75) is 19.8 Å². The van der Waals surface area contributed by atoms with Crippen molar-refractivity contribution in [2.75, 3.05) is 6.54 Å². The number of unbranched alkanes of at least 4 members (excludes halogenated alkanes) is 1. The van der Waals surface area contributed by atoms with Crippen LogP contribution >= 0.6 is 12.2 Å². The standard InChI is InChI=1S/C12H17N3O2S/c1-2-3-7-13-12(18)15-14-8-9-5-4-6-10(16)11(9)17/h4-6,8,16-17H,2-3,7H2,1H3,(H2,13,15,18). The molecule has 0 spiro atoms. The van der Waals surface area contributed by atoms with Gasteiger partial charge in [-0.15, -0.1) is 0 Å². The van der Waals surface area contributed by atoms with Crippen LogP contribution in [0.25, 0.3) is 0 Å². The van der Waals surface area contributed by atoms with E-state index in [2.05, 4.69) is 22.8 Å². The van der Waals surface area contributed by atoms with E-state index in [0.29, 0.717) is 10.7 Å². The van der Waals surface area contributed by atoms with Crippen LogP contribution in [0, 0.1) is 0 Å². The maximum absolute atomic E-state index is 9.52. The number of benzene rings is 1. The number of hydrogen-bond acceptors (Lipinski definition) is 4. The number of nitrogens with one attached hydrogen (secondary N) is 2. The molecule has 6 heteroatoms. The lowest BCUT2D eigenvalue weighted by atomic mass is 10.2. The average Bonchev–Trinajstić information content (AvgIpc) is 2.35. The lowest BCUT2D eigenvalue weighted by molar-refractivity contribution is 0.403. The van der Waals surface area contributed by atoms with Gasteiger partial charge in [-0.3, -0.25) is 5.43 Å². The van der Waals surface area contributed by atoms with E-state index in [0.717, 1.165) is 19.4 Å². The number of nitrogens with zero attached hydrogens (tertiary/aromatic N) is 1. The molecule has 0 aliphatic rings. The molecule has 0 aliphatic heterocycles. The Morgan fingerprint density at radius 2 is 2.22 bits per heavy atom. The Morgan fingerprint density at radius 1 is 1.44 bits per heavy atom. The number of hydrazone groups is 1. The van der Waals surface area contributed by atoms with Gasteiger partial charge in [0.2, 0.25) is 0 Å². The summed E-state index contributed by atoms with van der Waals surface area (Å²) in [5.74, 6) is -0.379. The SMILES string of the molecule is CCCCNC(=S)NN=Cc1cccc(O)c1O. The average molecular weight is 267 g/mol. The fourth-order valence-corrected chi connectivity index (χ4v) is 1.39. The lowest BCUT2D eigenvalue weighted by Crippen LogP contribution is -2.32. The van der Waals surface area contributed by atoms with E-state index in [-0.39, 0.29) is 11.5 Å². The van der Waals surface area contributed by atoms with Gasteiger partial charge in [-0.05, 0) is 30.8 Å². The van der Waals surface area contributed by atoms with Crippen LogP contribution in [0.1, 0.15) is 25.3 Å². The van der Waals surface area contributed by atoms with Gasteiger partial charge in [0, 0.05) is 12.1 Å². The number of rotatable bonds is 5. The number of thiocarbonyl (C=S) groups is 1. The first kappa shape index (κ1) is 14.2. The van der Waals surface area contributed by atoms with Crippen LogP contribution < -0.4 is 10.7 Å². The van der Waals surface area contributed by atoms with Crippen LogP contribution in [0.4, 0.5) is 0 Å². The molecule has 0 fully saturated rings. The van der Waals surface area contributed by atoms with E-state index in [9.17, 15) is 10.2 Å². The first-order valence-corrected chi connectivity index (χ1v) is 6.13. The fraction of sp³-hybridized carbons (Fsp3) is 0.333. The predicted molar refractivity (Wildman–Crippen MR) is 76.0 cm³/mol. The number of para-hydroxylation sites is 1. The van der Waals surface area contributed by atoms with E-state index in [1.54, 1.807) is 12.1 Å². The Kier molecular flexibility index (Phi) is 5.93. The van der Waals surface area contributed by atoms with Crippen molar-refractivity contribution in [3.63, 3.8) is 0 Å². The normalized spacial score (nSPS) is 10.5. The molecule has 18 heavy (non-hydrogen) atoms. The Morgan fingerprint density at radius 3 is 2.94 bits per heavy atom. The zero-order chi connectivity index (χ0) is 13.4. The smallest absolute Gasteiger partial charge is 0.186 e. The Labute approximate surface area is 112 Å². The minimum atomic E-state index is -0.201. The number of phenolic OH excluding ortho intramolecular Hbond substituents is 2. The van der Waals surface area contributed by atoms with Crippen LogP contribution in [0.15, 0.2) is 23.3 Å². The van der Waals surface area contributed by atoms with Gasteiger partial charge >= 0.3 is 0 Å². The molecule has 0 heterocycles. The van der Waals surface area contributed by atoms with E-state index < -0.39 is 0 Å². The van der Waals surface area contributed by atoms with Crippen molar-refractivity contribution in [1.82, 2.24) is 10.7 Å². The Bertz CT molecular complexity index is 435. The molecule has 1 aromatic carbocycles. The summed E-state index contributed by atoms with van der Waals surface area (Å²) in [5, 5.41) is 26.1. The molecule has 1 aromatic rings. The minimum absolute atomic E-state index is 0.178. The molecule has 0 saturated heterocycles. The Balaban J connectivity index is 2.45. The summed E-state index contributed by atoms with van der Waals surface area (Å²) in [7, 11) is 0. The largest absolute Gasteiger partial charge is 0.504 e. The van der Waals surface area contributed by atoms with E-state index >= 15 is 0 Å². The topological polar surface area (TPSA) is 76.9 Å². The highest BCUT2D eigenvalue weighted by Crippen LogP contribution is 2.26. The van der Waals surface area contributed by atoms with Crippen LogP contribution in [-0.2, 0) is 0 Å². The van der Waals surface area contributed by atoms with Gasteiger partial charge in [-0.25, -0.2) is 0 Å². The van der Waals surface area contributed by atoms with E-state index in [4.69, 9.17) is 12.2 Å². The van der Waals surface area contributed by atoms with Crippen molar-refractivity contribution in [2.24, 2.45) is 5.10 Å². The molecule has 0 aromatic heterocycles. The molecule has 0 saturated carbocycles. The van der Waals surface area contributed by atoms with Crippen LogP contribution in [0.3, 0.4) is 0 Å². The van der Waals surface area contributed by atoms with Crippen molar-refractivity contribution in [1.29, 1.82) is 0 Å². The first-order valence-electron chi connectivity index (χ1n) is 5.73. The Hall–Kier alpha value is -1.82. The van der Waals surface area contributed by atoms with Gasteiger partial charge in [0.05, 0.1) is 6.21 Å². The molecule has 4 N–H and O–H groups in total. The second-order valence-corrected chi connectivity index (χ2v) is 4.10. The van der Waals surface area contributed by atoms with Crippen molar-refractivity contribution >= 4 is 23.5 Å². The summed E-state index contributed by atoms with van der Waals surface area (Å²) in [6.45, 7) is 2.90. The van der Waals surface area contributed by atoms with Crippen molar-refractivity contribution in [3.05, 3.63) is 23.8 Å². The predicted octanol–water partition coefficient (Wildman–Crippen LogP) is 1.70. The monoisotopic (exact) mass is 267 g/mol. The zero-order valence-electron chi connectivity index (χ0n) is 10.2. The number of hydrogen-bond donors (Lipinski definition) is 4. The highest BCUT2D eigenvalue weighted by molar-refractivity contribution is 7.80. The molecular formula is C12H17N3O2S. The third-order valence-electron chi connectivity index (χ3n) is 2.23. The van der Waals surface area contributed by atoms with Gasteiger partial charge in [-0.1, -0.05) is 19.4 Å². The fourth-order valence-electron chi connectivity index (χ4n) is 1.23. The van der Waals surface area contributed by atoms with Gasteiger partial charge in [-0.2, -0.15) is 5.10 Å². The highest BCUT2D eigenvalue weighted by Gasteiger charge is 2.02. The van der Waals surface area contributed by atoms with Crippen LogP contribution in [0.5, 0.6) is 11.5 Å². The lowest BCUT2D eigenvalue weighted by Gasteiger charge is -2.05. The number of aromatic hydroxyl groups is 2. The quantitative estimate of drug-likeness (QED) is 0.215. The van der Waals surface area contributed by atoms with Crippen molar-refractivity contribution < 1.29 is 10.2 Å². The van der Waals surface area contributed by atoms with Crippen LogP contribution in [-0.4, -0.2) is 28.1 Å². The summed E-state index contributed by atoms with van der Waals surface area (Å²) in [5.41, 5.74) is 3.05. The summed E-state index contributed by atoms with van der Waals surface area (Å²) >= 11 is 4.99. The molecule has 0 radical (unpaired) electrons. The van der Waals surface area contributed by atoms with Gasteiger partial charge in [0.1, 0.15) is 0 Å². The molecule has 1 rings (SSSR count). The summed E-state index contributed by atoms with van der Waals surface area (Å²) < 4.78 is 0. The second-order valence-electron chi connectivity index (χ2n) is 3.69. The zero-order valence-corrected chi connectivity index (χ0v) is 11.0. The molecule has 5 nitrogen and oxygen atoms in total. The molecule has 0 unspecified atom stereocenters.